The van der Waals surface area contributed by atoms with Crippen LogP contribution in [0.15, 0.2) is 9.79 Å². The topological polar surface area (TPSA) is 52.0 Å². The quantitative estimate of drug-likeness (QED) is 0.481. The SMILES string of the molecule is Nc1c(F)c(F)c(Sc2c(F)c(F)c(N)c(F)c2F)c(F)c1F. The second-order valence-electron chi connectivity index (χ2n) is 4.10. The van der Waals surface area contributed by atoms with E-state index in [0.29, 0.717) is 0 Å². The van der Waals surface area contributed by atoms with Crippen molar-refractivity contribution < 1.29 is 35.1 Å². The minimum atomic E-state index is -2.08. The summed E-state index contributed by atoms with van der Waals surface area (Å²) in [6.45, 7) is 0. The zero-order chi connectivity index (χ0) is 17.6. The fourth-order valence-electron chi connectivity index (χ4n) is 1.54. The zero-order valence-electron chi connectivity index (χ0n) is 10.6. The summed E-state index contributed by atoms with van der Waals surface area (Å²) < 4.78 is 108. The van der Waals surface area contributed by atoms with E-state index in [2.05, 4.69) is 0 Å². The maximum Gasteiger partial charge on any atom is 0.186 e. The molecule has 23 heavy (non-hydrogen) atoms. The molecule has 0 aliphatic rings. The Morgan fingerprint density at radius 2 is 0.652 bits per heavy atom. The van der Waals surface area contributed by atoms with Gasteiger partial charge in [-0.05, 0) is 0 Å². The fourth-order valence-corrected chi connectivity index (χ4v) is 2.46. The smallest absolute Gasteiger partial charge is 0.186 e. The van der Waals surface area contributed by atoms with Crippen LogP contribution < -0.4 is 11.5 Å². The highest BCUT2D eigenvalue weighted by Gasteiger charge is 2.29. The Labute approximate surface area is 127 Å². The van der Waals surface area contributed by atoms with Gasteiger partial charge in [0, 0.05) is 0 Å². The van der Waals surface area contributed by atoms with Crippen molar-refractivity contribution in [2.24, 2.45) is 0 Å². The molecule has 0 bridgehead atoms. The van der Waals surface area contributed by atoms with E-state index in [-0.39, 0.29) is 0 Å². The van der Waals surface area contributed by atoms with Gasteiger partial charge in [0.1, 0.15) is 11.4 Å². The van der Waals surface area contributed by atoms with E-state index < -0.39 is 79.5 Å². The molecule has 2 aromatic carbocycles. The molecule has 0 atom stereocenters. The van der Waals surface area contributed by atoms with Crippen LogP contribution in [0.25, 0.3) is 0 Å². The molecular formula is C12H4F8N2S. The van der Waals surface area contributed by atoms with Crippen LogP contribution in [-0.2, 0) is 0 Å². The number of halogens is 8. The number of rotatable bonds is 2. The molecule has 2 nitrogen and oxygen atoms in total. The molecule has 0 saturated heterocycles. The van der Waals surface area contributed by atoms with Crippen LogP contribution in [0.5, 0.6) is 0 Å². The molecule has 2 rings (SSSR count). The first-order valence-corrected chi connectivity index (χ1v) is 6.31. The third-order valence-electron chi connectivity index (χ3n) is 2.72. The number of benzene rings is 2. The summed E-state index contributed by atoms with van der Waals surface area (Å²) in [6.07, 6.45) is 0. The molecule has 0 saturated carbocycles. The normalized spacial score (nSPS) is 11.1. The Hall–Kier alpha value is -2.17. The number of nitrogens with two attached hydrogens (primary N) is 2. The molecule has 2 aromatic rings. The van der Waals surface area contributed by atoms with Crippen molar-refractivity contribution in [1.82, 2.24) is 0 Å². The van der Waals surface area contributed by atoms with Crippen LogP contribution in [0, 0.1) is 46.5 Å². The van der Waals surface area contributed by atoms with Gasteiger partial charge in [-0.15, -0.1) is 0 Å². The third-order valence-corrected chi connectivity index (χ3v) is 3.84. The molecule has 0 spiro atoms. The highest BCUT2D eigenvalue weighted by molar-refractivity contribution is 7.99. The van der Waals surface area contributed by atoms with Gasteiger partial charge in [0.2, 0.25) is 0 Å². The van der Waals surface area contributed by atoms with Gasteiger partial charge in [-0.2, -0.15) is 0 Å². The van der Waals surface area contributed by atoms with E-state index in [1.807, 2.05) is 0 Å². The van der Waals surface area contributed by atoms with Crippen LogP contribution in [0.1, 0.15) is 0 Å². The summed E-state index contributed by atoms with van der Waals surface area (Å²) >= 11 is -0.603. The number of nitrogen functional groups attached to an aromatic ring is 2. The Morgan fingerprint density at radius 1 is 0.435 bits per heavy atom. The summed E-state index contributed by atoms with van der Waals surface area (Å²) in [7, 11) is 0. The maximum atomic E-state index is 13.6. The molecule has 0 aliphatic heterocycles. The predicted octanol–water partition coefficient (Wildman–Crippen LogP) is 4.12. The number of hydrogen-bond acceptors (Lipinski definition) is 3. The van der Waals surface area contributed by atoms with E-state index >= 15 is 0 Å². The predicted molar refractivity (Wildman–Crippen MR) is 65.5 cm³/mol. The second kappa shape index (κ2) is 5.80. The minimum Gasteiger partial charge on any atom is -0.394 e. The lowest BCUT2D eigenvalue weighted by Crippen LogP contribution is -2.07. The molecule has 0 fully saturated rings. The molecule has 0 amide bonds. The van der Waals surface area contributed by atoms with Crippen molar-refractivity contribution >= 4 is 23.1 Å². The summed E-state index contributed by atoms with van der Waals surface area (Å²) in [4.78, 5) is -3.15. The molecule has 0 unspecified atom stereocenters. The van der Waals surface area contributed by atoms with Gasteiger partial charge in [0.05, 0.1) is 9.79 Å². The average Bonchev–Trinajstić information content (AvgIpc) is 2.54. The van der Waals surface area contributed by atoms with Gasteiger partial charge in [-0.25, -0.2) is 35.1 Å². The average molecular weight is 360 g/mol. The van der Waals surface area contributed by atoms with E-state index in [4.69, 9.17) is 11.5 Å². The molecular weight excluding hydrogens is 356 g/mol. The Morgan fingerprint density at radius 3 is 0.870 bits per heavy atom. The van der Waals surface area contributed by atoms with Crippen LogP contribution in [0.3, 0.4) is 0 Å². The van der Waals surface area contributed by atoms with E-state index in [1.165, 1.54) is 0 Å². The first kappa shape index (κ1) is 17.2. The molecule has 11 heteroatoms. The second-order valence-corrected chi connectivity index (χ2v) is 5.12. The third kappa shape index (κ3) is 2.54. The Kier molecular flexibility index (Phi) is 4.33. The number of hydrogen-bond donors (Lipinski definition) is 2. The van der Waals surface area contributed by atoms with Gasteiger partial charge in [-0.1, -0.05) is 11.8 Å². The van der Waals surface area contributed by atoms with Crippen molar-refractivity contribution in [3.63, 3.8) is 0 Å². The lowest BCUT2D eigenvalue weighted by molar-refractivity contribution is 0.424. The summed E-state index contributed by atoms with van der Waals surface area (Å²) in [5.74, 6) is -16.4. The fraction of sp³-hybridized carbons (Fsp3) is 0. The van der Waals surface area contributed by atoms with E-state index in [9.17, 15) is 35.1 Å². The largest absolute Gasteiger partial charge is 0.394 e. The van der Waals surface area contributed by atoms with Crippen molar-refractivity contribution in [2.75, 3.05) is 11.5 Å². The summed E-state index contributed by atoms with van der Waals surface area (Å²) in [6, 6.07) is 0. The van der Waals surface area contributed by atoms with Crippen LogP contribution in [-0.4, -0.2) is 0 Å². The summed E-state index contributed by atoms with van der Waals surface area (Å²) in [5.41, 5.74) is 6.50. The van der Waals surface area contributed by atoms with Gasteiger partial charge in [0.25, 0.3) is 0 Å². The highest BCUT2D eigenvalue weighted by atomic mass is 32.2. The first-order valence-electron chi connectivity index (χ1n) is 5.50. The maximum absolute atomic E-state index is 13.6. The Balaban J connectivity index is 2.71. The van der Waals surface area contributed by atoms with Crippen LogP contribution >= 0.6 is 11.8 Å². The zero-order valence-corrected chi connectivity index (χ0v) is 11.4. The Bertz CT molecular complexity index is 698. The van der Waals surface area contributed by atoms with Crippen molar-refractivity contribution in [3.05, 3.63) is 46.5 Å². The van der Waals surface area contributed by atoms with Gasteiger partial charge in [0.15, 0.2) is 46.5 Å². The molecule has 0 radical (unpaired) electrons. The molecule has 4 N–H and O–H groups in total. The lowest BCUT2D eigenvalue weighted by Gasteiger charge is -2.12. The number of anilines is 2. The molecule has 0 heterocycles. The standard InChI is InChI=1S/C12H4F8N2S/c13-1-5(17)11(6(18)2(14)9(1)21)23-12-7(19)3(15)10(22)4(16)8(12)20/h21-22H2. The van der Waals surface area contributed by atoms with E-state index in [1.54, 1.807) is 0 Å². The monoisotopic (exact) mass is 360 g/mol. The molecule has 0 aliphatic carbocycles. The van der Waals surface area contributed by atoms with Gasteiger partial charge >= 0.3 is 0 Å². The van der Waals surface area contributed by atoms with Crippen LogP contribution in [0.4, 0.5) is 46.5 Å². The first-order chi connectivity index (χ1) is 10.6. The van der Waals surface area contributed by atoms with Crippen molar-refractivity contribution in [1.29, 1.82) is 0 Å². The highest BCUT2D eigenvalue weighted by Crippen LogP contribution is 2.41. The van der Waals surface area contributed by atoms with Crippen molar-refractivity contribution in [2.45, 2.75) is 9.79 Å². The van der Waals surface area contributed by atoms with Gasteiger partial charge < -0.3 is 11.5 Å². The lowest BCUT2D eigenvalue weighted by atomic mass is 10.2. The molecule has 124 valence electrons. The molecule has 0 aromatic heterocycles. The van der Waals surface area contributed by atoms with Crippen LogP contribution in [0.2, 0.25) is 0 Å². The van der Waals surface area contributed by atoms with E-state index in [0.717, 1.165) is 0 Å². The minimum absolute atomic E-state index is 0.603. The van der Waals surface area contributed by atoms with Gasteiger partial charge in [-0.3, -0.25) is 0 Å². The summed E-state index contributed by atoms with van der Waals surface area (Å²) in [5, 5.41) is 0. The van der Waals surface area contributed by atoms with Crippen molar-refractivity contribution in [3.8, 4) is 0 Å².